The quantitative estimate of drug-likeness (QED) is 0.161. The van der Waals surface area contributed by atoms with E-state index in [9.17, 15) is 8.42 Å². The molecule has 0 amide bonds. The lowest BCUT2D eigenvalue weighted by Crippen LogP contribution is -2.28. The van der Waals surface area contributed by atoms with E-state index >= 15 is 0 Å². The highest BCUT2D eigenvalue weighted by atomic mass is 32.2. The van der Waals surface area contributed by atoms with Gasteiger partial charge in [-0.25, -0.2) is 13.4 Å². The number of fused-ring (bicyclic) bond motifs is 1. The van der Waals surface area contributed by atoms with Crippen molar-refractivity contribution in [2.45, 2.75) is 37.8 Å². The van der Waals surface area contributed by atoms with Crippen molar-refractivity contribution in [3.05, 3.63) is 126 Å². The summed E-state index contributed by atoms with van der Waals surface area (Å²) >= 11 is 0. The summed E-state index contributed by atoms with van der Waals surface area (Å²) in [5, 5.41) is 7.95. The maximum absolute atomic E-state index is 13.8. The molecule has 1 aliphatic rings. The predicted octanol–water partition coefficient (Wildman–Crippen LogP) is 6.35. The van der Waals surface area contributed by atoms with Crippen molar-refractivity contribution in [1.82, 2.24) is 20.3 Å². The Kier molecular flexibility index (Phi) is 9.91. The first-order valence-corrected chi connectivity index (χ1v) is 17.3. The maximum Gasteiger partial charge on any atom is 0.265 e. The van der Waals surface area contributed by atoms with Gasteiger partial charge in [0.15, 0.2) is 0 Å². The zero-order chi connectivity index (χ0) is 32.8. The minimum absolute atomic E-state index is 0.198. The number of benzene rings is 2. The fraction of sp³-hybridized carbons (Fsp3) is 0.270. The first kappa shape index (κ1) is 32.3. The van der Waals surface area contributed by atoms with Crippen LogP contribution in [0, 0.1) is 12.8 Å². The fourth-order valence-corrected chi connectivity index (χ4v) is 6.86. The molecule has 0 spiro atoms. The van der Waals surface area contributed by atoms with Gasteiger partial charge in [0.05, 0.1) is 22.3 Å². The monoisotopic (exact) mass is 648 g/mol. The van der Waals surface area contributed by atoms with Crippen LogP contribution in [0.2, 0.25) is 0 Å². The van der Waals surface area contributed by atoms with Crippen LogP contribution in [-0.2, 0) is 27.8 Å². The second kappa shape index (κ2) is 14.4. The third-order valence-corrected chi connectivity index (χ3v) is 10.3. The molecule has 6 rings (SSSR count). The number of nitrogens with zero attached hydrogens (tertiary/aromatic N) is 4. The standard InChI is InChI=1S/C37H40N6O3S/c1-26-6-9-34(10-7-26)47(44,45)43(3)37-35(17-30(24-42-37)22-39-21-29-5-4-14-38-20-29)27(2)31-8-11-36-32(18-31)19-33(25-41-36)40-23-28-12-15-46-16-13-28/h4-11,14,17-20,24-25,28,39-40H,2,12-13,15-16,21-23H2,1,3H3. The summed E-state index contributed by atoms with van der Waals surface area (Å²) in [4.78, 5) is 13.8. The molecule has 47 heavy (non-hydrogen) atoms. The van der Waals surface area contributed by atoms with Crippen molar-refractivity contribution in [3.8, 4) is 0 Å². The second-order valence-electron chi connectivity index (χ2n) is 12.0. The van der Waals surface area contributed by atoms with Crippen LogP contribution in [0.1, 0.15) is 40.7 Å². The molecule has 9 nitrogen and oxygen atoms in total. The Morgan fingerprint density at radius 1 is 0.957 bits per heavy atom. The van der Waals surface area contributed by atoms with Gasteiger partial charge in [0, 0.05) is 69.4 Å². The van der Waals surface area contributed by atoms with E-state index in [2.05, 4.69) is 39.3 Å². The molecule has 4 heterocycles. The molecule has 0 saturated carbocycles. The van der Waals surface area contributed by atoms with Crippen LogP contribution in [-0.4, -0.2) is 50.2 Å². The zero-order valence-electron chi connectivity index (χ0n) is 26.8. The number of aryl methyl sites for hydroxylation is 1. The van der Waals surface area contributed by atoms with Gasteiger partial charge in [-0.1, -0.05) is 36.4 Å². The molecule has 5 aromatic rings. The Labute approximate surface area is 276 Å². The molecule has 0 bridgehead atoms. The smallest absolute Gasteiger partial charge is 0.265 e. The van der Waals surface area contributed by atoms with Crippen LogP contribution >= 0.6 is 0 Å². The number of aromatic nitrogens is 3. The first-order chi connectivity index (χ1) is 22.8. The Hall–Kier alpha value is -4.64. The summed E-state index contributed by atoms with van der Waals surface area (Å²) in [6.45, 7) is 10.1. The lowest BCUT2D eigenvalue weighted by molar-refractivity contribution is 0.0699. The average molecular weight is 649 g/mol. The maximum atomic E-state index is 13.8. The summed E-state index contributed by atoms with van der Waals surface area (Å²) in [7, 11) is -2.35. The Morgan fingerprint density at radius 3 is 2.51 bits per heavy atom. The van der Waals surface area contributed by atoms with E-state index in [4.69, 9.17) is 9.72 Å². The third kappa shape index (κ3) is 7.68. The summed E-state index contributed by atoms with van der Waals surface area (Å²) in [6.07, 6.45) is 9.27. The predicted molar refractivity (Wildman–Crippen MR) is 188 cm³/mol. The molecule has 2 N–H and O–H groups in total. The molecule has 2 aromatic carbocycles. The molecular formula is C37H40N6O3S. The van der Waals surface area contributed by atoms with E-state index in [0.29, 0.717) is 36.0 Å². The SMILES string of the molecule is C=C(c1ccc2ncc(NCC3CCOCC3)cc2c1)c1cc(CNCc2cccnc2)cnc1N(C)S(=O)(=O)c1ccc(C)cc1. The molecular weight excluding hydrogens is 609 g/mol. The van der Waals surface area contributed by atoms with Gasteiger partial charge < -0.3 is 15.4 Å². The molecule has 1 fully saturated rings. The van der Waals surface area contributed by atoms with E-state index < -0.39 is 10.0 Å². The molecule has 1 aliphatic heterocycles. The molecule has 10 heteroatoms. The number of hydrogen-bond acceptors (Lipinski definition) is 8. The number of anilines is 2. The molecule has 1 saturated heterocycles. The van der Waals surface area contributed by atoms with Crippen LogP contribution in [0.4, 0.5) is 11.5 Å². The number of rotatable bonds is 12. The number of sulfonamides is 1. The van der Waals surface area contributed by atoms with Gasteiger partial charge in [0.25, 0.3) is 10.0 Å². The van der Waals surface area contributed by atoms with Gasteiger partial charge in [-0.2, -0.15) is 0 Å². The molecule has 0 unspecified atom stereocenters. The van der Waals surface area contributed by atoms with Gasteiger partial charge in [-0.3, -0.25) is 14.3 Å². The van der Waals surface area contributed by atoms with E-state index in [1.54, 1.807) is 36.7 Å². The van der Waals surface area contributed by atoms with Crippen LogP contribution < -0.4 is 14.9 Å². The minimum Gasteiger partial charge on any atom is -0.384 e. The fourth-order valence-electron chi connectivity index (χ4n) is 5.69. The molecule has 242 valence electrons. The topological polar surface area (TPSA) is 109 Å². The highest BCUT2D eigenvalue weighted by Crippen LogP contribution is 2.34. The number of pyridine rings is 3. The van der Waals surface area contributed by atoms with Crippen molar-refractivity contribution in [2.75, 3.05) is 36.4 Å². The second-order valence-corrected chi connectivity index (χ2v) is 14.0. The van der Waals surface area contributed by atoms with E-state index in [-0.39, 0.29) is 4.90 Å². The van der Waals surface area contributed by atoms with Gasteiger partial charge in [-0.15, -0.1) is 0 Å². The van der Waals surface area contributed by atoms with Crippen LogP contribution in [0.15, 0.2) is 103 Å². The number of ether oxygens (including phenoxy) is 1. The molecule has 0 atom stereocenters. The van der Waals surface area contributed by atoms with Gasteiger partial charge >= 0.3 is 0 Å². The highest BCUT2D eigenvalue weighted by Gasteiger charge is 2.26. The van der Waals surface area contributed by atoms with Crippen LogP contribution in [0.25, 0.3) is 16.5 Å². The van der Waals surface area contributed by atoms with E-state index in [0.717, 1.165) is 71.4 Å². The lowest BCUT2D eigenvalue weighted by atomic mass is 9.97. The largest absolute Gasteiger partial charge is 0.384 e. The first-order valence-electron chi connectivity index (χ1n) is 15.8. The third-order valence-electron chi connectivity index (χ3n) is 8.57. The van der Waals surface area contributed by atoms with Gasteiger partial charge in [-0.05, 0) is 90.4 Å². The van der Waals surface area contributed by atoms with Crippen molar-refractivity contribution >= 4 is 38.0 Å². The van der Waals surface area contributed by atoms with Crippen molar-refractivity contribution in [1.29, 1.82) is 0 Å². The van der Waals surface area contributed by atoms with Crippen molar-refractivity contribution < 1.29 is 13.2 Å². The van der Waals surface area contributed by atoms with Gasteiger partial charge in [0.1, 0.15) is 5.82 Å². The Balaban J connectivity index is 1.30. The Bertz CT molecular complexity index is 1960. The average Bonchev–Trinajstić information content (AvgIpc) is 3.11. The van der Waals surface area contributed by atoms with Crippen LogP contribution in [0.3, 0.4) is 0 Å². The molecule has 0 radical (unpaired) electrons. The highest BCUT2D eigenvalue weighted by molar-refractivity contribution is 7.92. The molecule has 3 aromatic heterocycles. The number of hydrogen-bond donors (Lipinski definition) is 2. The summed E-state index contributed by atoms with van der Waals surface area (Å²) in [5.41, 5.74) is 6.91. The van der Waals surface area contributed by atoms with Crippen LogP contribution in [0.5, 0.6) is 0 Å². The van der Waals surface area contributed by atoms with E-state index in [1.807, 2.05) is 49.6 Å². The van der Waals surface area contributed by atoms with Crippen molar-refractivity contribution in [3.63, 3.8) is 0 Å². The van der Waals surface area contributed by atoms with Crippen molar-refractivity contribution in [2.24, 2.45) is 5.92 Å². The lowest BCUT2D eigenvalue weighted by Gasteiger charge is -2.23. The number of nitrogens with one attached hydrogen (secondary N) is 2. The molecule has 0 aliphatic carbocycles. The summed E-state index contributed by atoms with van der Waals surface area (Å²) in [5.74, 6) is 0.882. The normalized spacial score (nSPS) is 13.8. The van der Waals surface area contributed by atoms with E-state index in [1.165, 1.54) is 11.4 Å². The Morgan fingerprint density at radius 2 is 1.74 bits per heavy atom. The summed E-state index contributed by atoms with van der Waals surface area (Å²) in [6, 6.07) is 20.8. The van der Waals surface area contributed by atoms with Gasteiger partial charge in [0.2, 0.25) is 0 Å². The zero-order valence-corrected chi connectivity index (χ0v) is 27.6. The minimum atomic E-state index is -3.89. The summed E-state index contributed by atoms with van der Waals surface area (Å²) < 4.78 is 34.3.